The Morgan fingerprint density at radius 1 is 1.03 bits per heavy atom. The van der Waals surface area contributed by atoms with Crippen molar-refractivity contribution in [2.45, 2.75) is 88.6 Å². The van der Waals surface area contributed by atoms with Gasteiger partial charge in [-0.2, -0.15) is 0 Å². The molecule has 6 rings (SSSR count). The molecular formula is C27H34F2O4. The van der Waals surface area contributed by atoms with E-state index in [0.29, 0.717) is 56.8 Å². The smallest absolute Gasteiger partial charge is 0.171 e. The highest BCUT2D eigenvalue weighted by atomic mass is 19.1. The van der Waals surface area contributed by atoms with Crippen LogP contribution in [0.4, 0.5) is 8.78 Å². The molecular weight excluding hydrogens is 426 g/mol. The van der Waals surface area contributed by atoms with E-state index in [1.807, 2.05) is 0 Å². The minimum atomic E-state index is -1.01. The molecule has 4 nitrogen and oxygen atoms in total. The summed E-state index contributed by atoms with van der Waals surface area (Å²) in [7, 11) is 0. The van der Waals surface area contributed by atoms with E-state index in [1.165, 1.54) is 24.6 Å². The Bertz CT molecular complexity index is 992. The first-order chi connectivity index (χ1) is 15.7. The second kappa shape index (κ2) is 7.33. The summed E-state index contributed by atoms with van der Waals surface area (Å²) in [4.78, 5) is 0. The van der Waals surface area contributed by atoms with Gasteiger partial charge < -0.3 is 19.7 Å². The lowest BCUT2D eigenvalue weighted by atomic mass is 9.51. The Labute approximate surface area is 194 Å². The molecule has 0 amide bonds. The zero-order chi connectivity index (χ0) is 23.2. The maximum absolute atomic E-state index is 14.7. The van der Waals surface area contributed by atoms with E-state index in [9.17, 15) is 19.0 Å². The maximum atomic E-state index is 14.7. The molecule has 5 aliphatic rings. The van der Waals surface area contributed by atoms with Gasteiger partial charge in [-0.15, -0.1) is 0 Å². The third-order valence-corrected chi connectivity index (χ3v) is 9.88. The van der Waals surface area contributed by atoms with Crippen LogP contribution in [-0.4, -0.2) is 40.9 Å². The molecule has 1 aliphatic heterocycles. The molecule has 1 spiro atoms. The molecule has 0 bridgehead atoms. The van der Waals surface area contributed by atoms with Crippen molar-refractivity contribution in [1.29, 1.82) is 0 Å². The fourth-order valence-corrected chi connectivity index (χ4v) is 8.15. The van der Waals surface area contributed by atoms with Crippen LogP contribution in [0.15, 0.2) is 23.3 Å². The predicted molar refractivity (Wildman–Crippen MR) is 118 cm³/mol. The van der Waals surface area contributed by atoms with Crippen molar-refractivity contribution in [3.63, 3.8) is 0 Å². The second-order valence-corrected chi connectivity index (χ2v) is 11.5. The van der Waals surface area contributed by atoms with Crippen LogP contribution in [0.2, 0.25) is 0 Å². The van der Waals surface area contributed by atoms with Crippen molar-refractivity contribution in [2.75, 3.05) is 13.2 Å². The zero-order valence-corrected chi connectivity index (χ0v) is 19.5. The first-order valence-electron chi connectivity index (χ1n) is 12.5. The average molecular weight is 461 g/mol. The van der Waals surface area contributed by atoms with Crippen LogP contribution < -0.4 is 0 Å². The summed E-state index contributed by atoms with van der Waals surface area (Å²) in [5.41, 5.74) is 1.57. The van der Waals surface area contributed by atoms with Crippen LogP contribution in [0, 0.1) is 35.8 Å². The van der Waals surface area contributed by atoms with Gasteiger partial charge in [-0.25, -0.2) is 8.78 Å². The van der Waals surface area contributed by atoms with Crippen molar-refractivity contribution >= 4 is 0 Å². The summed E-state index contributed by atoms with van der Waals surface area (Å²) >= 11 is 0. The van der Waals surface area contributed by atoms with E-state index >= 15 is 0 Å². The van der Waals surface area contributed by atoms with Gasteiger partial charge in [0.1, 0.15) is 11.6 Å². The van der Waals surface area contributed by atoms with E-state index in [0.717, 1.165) is 24.8 Å². The van der Waals surface area contributed by atoms with Gasteiger partial charge in [0.25, 0.3) is 0 Å². The van der Waals surface area contributed by atoms with Crippen molar-refractivity contribution in [3.05, 3.63) is 46.0 Å². The monoisotopic (exact) mass is 460 g/mol. The Balaban J connectivity index is 1.50. The molecule has 0 aromatic heterocycles. The van der Waals surface area contributed by atoms with E-state index in [4.69, 9.17) is 9.47 Å². The number of ether oxygens (including phenoxy) is 2. The van der Waals surface area contributed by atoms with Crippen molar-refractivity contribution in [1.82, 2.24) is 0 Å². The molecule has 6 heteroatoms. The molecule has 0 radical (unpaired) electrons. The first-order valence-corrected chi connectivity index (χ1v) is 12.5. The summed E-state index contributed by atoms with van der Waals surface area (Å²) in [6.07, 6.45) is 5.17. The van der Waals surface area contributed by atoms with E-state index in [2.05, 4.69) is 6.92 Å². The molecule has 1 heterocycles. The third-order valence-electron chi connectivity index (χ3n) is 9.88. The minimum absolute atomic E-state index is 0.0315. The number of aliphatic hydroxyl groups is 2. The SMILES string of the molecule is Cc1c(F)cc([C@H]2C[C@]3(C)[C@@H](O)CC[C@H]3[C@@H]3CC[C@@]4(O)CC5(CCC4=C32)OCCO5)cc1F. The lowest BCUT2D eigenvalue weighted by Gasteiger charge is -2.56. The first kappa shape index (κ1) is 22.1. The van der Waals surface area contributed by atoms with E-state index < -0.39 is 29.1 Å². The number of allylic oxidation sites excluding steroid dienone is 1. The standard InChI is InChI=1S/C27H34F2O4/c1-15-21(28)11-16(12-22(15)29)18-13-25(2)19(3-4-23(25)30)17-5-7-26(31)14-27(32-9-10-33-27)8-6-20(26)24(17)18/h11-12,17-19,23,30-31H,3-10,13-14H2,1-2H3/t17-,18+,19-,23-,25-,26+/m0/s1. The van der Waals surface area contributed by atoms with Crippen LogP contribution in [0.3, 0.4) is 0 Å². The van der Waals surface area contributed by atoms with E-state index in [-0.39, 0.29) is 22.8 Å². The number of fused-ring (bicyclic) bond motifs is 4. The van der Waals surface area contributed by atoms with Gasteiger partial charge in [0.05, 0.1) is 24.9 Å². The molecule has 1 aromatic carbocycles. The summed E-state index contributed by atoms with van der Waals surface area (Å²) in [5.74, 6) is -1.45. The highest BCUT2D eigenvalue weighted by Gasteiger charge is 2.60. The lowest BCUT2D eigenvalue weighted by molar-refractivity contribution is -0.208. The van der Waals surface area contributed by atoms with Crippen LogP contribution in [0.5, 0.6) is 0 Å². The van der Waals surface area contributed by atoms with E-state index in [1.54, 1.807) is 0 Å². The number of rotatable bonds is 1. The van der Waals surface area contributed by atoms with Crippen molar-refractivity contribution < 1.29 is 28.5 Å². The third kappa shape index (κ3) is 3.13. The second-order valence-electron chi connectivity index (χ2n) is 11.5. The largest absolute Gasteiger partial charge is 0.393 e. The Morgan fingerprint density at radius 3 is 2.42 bits per heavy atom. The Morgan fingerprint density at radius 2 is 1.73 bits per heavy atom. The summed E-state index contributed by atoms with van der Waals surface area (Å²) < 4.78 is 41.3. The quantitative estimate of drug-likeness (QED) is 0.585. The van der Waals surface area contributed by atoms with Gasteiger partial charge in [0.2, 0.25) is 0 Å². The minimum Gasteiger partial charge on any atom is -0.393 e. The molecule has 1 aromatic rings. The molecule has 3 saturated carbocycles. The average Bonchev–Trinajstić information content (AvgIpc) is 3.34. The fourth-order valence-electron chi connectivity index (χ4n) is 8.15. The molecule has 2 N–H and O–H groups in total. The zero-order valence-electron chi connectivity index (χ0n) is 19.5. The molecule has 33 heavy (non-hydrogen) atoms. The number of aliphatic hydroxyl groups excluding tert-OH is 1. The summed E-state index contributed by atoms with van der Waals surface area (Å²) in [5, 5.41) is 22.9. The number of hydrogen-bond donors (Lipinski definition) is 2. The number of benzene rings is 1. The van der Waals surface area contributed by atoms with Crippen LogP contribution in [0.1, 0.15) is 75.3 Å². The molecule has 6 atom stereocenters. The molecule has 4 aliphatic carbocycles. The normalized spacial score (nSPS) is 41.8. The molecule has 1 saturated heterocycles. The molecule has 0 unspecified atom stereocenters. The molecule has 4 fully saturated rings. The Hall–Kier alpha value is -1.34. The highest BCUT2D eigenvalue weighted by molar-refractivity contribution is 5.44. The maximum Gasteiger partial charge on any atom is 0.171 e. The number of halogens is 2. The van der Waals surface area contributed by atoms with Crippen molar-refractivity contribution in [2.24, 2.45) is 17.3 Å². The van der Waals surface area contributed by atoms with Crippen LogP contribution >= 0.6 is 0 Å². The lowest BCUT2D eigenvalue weighted by Crippen LogP contribution is -2.53. The summed E-state index contributed by atoms with van der Waals surface area (Å²) in [6.45, 7) is 4.71. The van der Waals surface area contributed by atoms with Gasteiger partial charge in [-0.3, -0.25) is 0 Å². The van der Waals surface area contributed by atoms with Crippen LogP contribution in [-0.2, 0) is 9.47 Å². The van der Waals surface area contributed by atoms with Gasteiger partial charge in [-0.05, 0) is 86.0 Å². The highest BCUT2D eigenvalue weighted by Crippen LogP contribution is 2.65. The van der Waals surface area contributed by atoms with Gasteiger partial charge in [0.15, 0.2) is 5.79 Å². The predicted octanol–water partition coefficient (Wildman–Crippen LogP) is 4.90. The Kier molecular flexibility index (Phi) is 4.92. The fraction of sp³-hybridized carbons (Fsp3) is 0.704. The van der Waals surface area contributed by atoms with Crippen molar-refractivity contribution in [3.8, 4) is 0 Å². The van der Waals surface area contributed by atoms with Gasteiger partial charge in [-0.1, -0.05) is 12.5 Å². The number of hydrogen-bond acceptors (Lipinski definition) is 4. The van der Waals surface area contributed by atoms with Gasteiger partial charge in [0, 0.05) is 24.3 Å². The van der Waals surface area contributed by atoms with Crippen LogP contribution in [0.25, 0.3) is 0 Å². The molecule has 180 valence electrons. The summed E-state index contributed by atoms with van der Waals surface area (Å²) in [6, 6.07) is 2.94. The van der Waals surface area contributed by atoms with Gasteiger partial charge >= 0.3 is 0 Å². The topological polar surface area (TPSA) is 58.9 Å².